The predicted molar refractivity (Wildman–Crippen MR) is 132 cm³/mol. The number of anilines is 1. The molecule has 0 atom stereocenters. The SMILES string of the molecule is O=C(CSc1nnc(-c2c[nH]c3ccccc23)n1-c1ccc(Cl)cc1)Nc1cccnc1Cl. The third-order valence-electron chi connectivity index (χ3n) is 4.91. The van der Waals surface area contributed by atoms with Gasteiger partial charge in [-0.3, -0.25) is 9.36 Å². The van der Waals surface area contributed by atoms with Crippen molar-refractivity contribution in [2.45, 2.75) is 5.16 Å². The van der Waals surface area contributed by atoms with Crippen molar-refractivity contribution in [1.29, 1.82) is 0 Å². The average Bonchev–Trinajstić information content (AvgIpc) is 3.44. The molecule has 5 rings (SSSR count). The van der Waals surface area contributed by atoms with Gasteiger partial charge in [-0.1, -0.05) is 53.2 Å². The van der Waals surface area contributed by atoms with Gasteiger partial charge in [-0.05, 0) is 42.5 Å². The van der Waals surface area contributed by atoms with E-state index in [-0.39, 0.29) is 16.8 Å². The van der Waals surface area contributed by atoms with E-state index in [2.05, 4.69) is 25.5 Å². The average molecular weight is 495 g/mol. The van der Waals surface area contributed by atoms with E-state index in [4.69, 9.17) is 23.2 Å². The number of carbonyl (C=O) groups is 1. The molecule has 0 radical (unpaired) electrons. The minimum Gasteiger partial charge on any atom is -0.360 e. The summed E-state index contributed by atoms with van der Waals surface area (Å²) in [7, 11) is 0. The molecule has 0 fully saturated rings. The van der Waals surface area contributed by atoms with Gasteiger partial charge in [0.1, 0.15) is 0 Å². The van der Waals surface area contributed by atoms with Crippen molar-refractivity contribution in [2.75, 3.05) is 11.1 Å². The smallest absolute Gasteiger partial charge is 0.234 e. The van der Waals surface area contributed by atoms with Crippen LogP contribution in [0.15, 0.2) is 78.2 Å². The maximum absolute atomic E-state index is 12.5. The molecule has 7 nitrogen and oxygen atoms in total. The molecule has 0 bridgehead atoms. The lowest BCUT2D eigenvalue weighted by Crippen LogP contribution is -2.15. The molecule has 0 aliphatic carbocycles. The Morgan fingerprint density at radius 2 is 1.85 bits per heavy atom. The molecule has 164 valence electrons. The fourth-order valence-electron chi connectivity index (χ4n) is 3.41. The van der Waals surface area contributed by atoms with Crippen LogP contribution in [0, 0.1) is 0 Å². The van der Waals surface area contributed by atoms with Crippen LogP contribution < -0.4 is 5.32 Å². The Bertz CT molecular complexity index is 1450. The van der Waals surface area contributed by atoms with E-state index in [9.17, 15) is 4.79 Å². The number of aromatic amines is 1. The number of nitrogens with one attached hydrogen (secondary N) is 2. The lowest BCUT2D eigenvalue weighted by atomic mass is 10.1. The summed E-state index contributed by atoms with van der Waals surface area (Å²) >= 11 is 13.4. The van der Waals surface area contributed by atoms with E-state index in [1.165, 1.54) is 11.8 Å². The fourth-order valence-corrected chi connectivity index (χ4v) is 4.46. The molecule has 0 unspecified atom stereocenters. The number of benzene rings is 2. The lowest BCUT2D eigenvalue weighted by molar-refractivity contribution is -0.113. The zero-order valence-electron chi connectivity index (χ0n) is 17.0. The number of para-hydroxylation sites is 1. The number of nitrogens with zero attached hydrogens (tertiary/aromatic N) is 4. The number of fused-ring (bicyclic) bond motifs is 1. The largest absolute Gasteiger partial charge is 0.360 e. The van der Waals surface area contributed by atoms with Gasteiger partial charge in [0.05, 0.1) is 11.4 Å². The number of hydrogen-bond donors (Lipinski definition) is 2. The van der Waals surface area contributed by atoms with Gasteiger partial charge in [0.15, 0.2) is 16.1 Å². The monoisotopic (exact) mass is 494 g/mol. The van der Waals surface area contributed by atoms with Crippen molar-refractivity contribution >= 4 is 57.5 Å². The molecule has 1 amide bonds. The number of halogens is 2. The minimum absolute atomic E-state index is 0.116. The van der Waals surface area contributed by atoms with Crippen molar-refractivity contribution in [3.63, 3.8) is 0 Å². The number of hydrogen-bond acceptors (Lipinski definition) is 5. The number of rotatable bonds is 6. The highest BCUT2D eigenvalue weighted by Crippen LogP contribution is 2.32. The normalized spacial score (nSPS) is 11.1. The first-order valence-corrected chi connectivity index (χ1v) is 11.7. The summed E-state index contributed by atoms with van der Waals surface area (Å²) in [5, 5.41) is 14.1. The molecule has 0 saturated heterocycles. The third kappa shape index (κ3) is 4.45. The fraction of sp³-hybridized carbons (Fsp3) is 0.0435. The predicted octanol–water partition coefficient (Wildman–Crippen LogP) is 5.85. The molecule has 0 aliphatic heterocycles. The molecule has 0 spiro atoms. The summed E-state index contributed by atoms with van der Waals surface area (Å²) < 4.78 is 1.92. The van der Waals surface area contributed by atoms with Crippen LogP contribution in [0.3, 0.4) is 0 Å². The molecule has 0 aliphatic rings. The Morgan fingerprint density at radius 3 is 2.67 bits per heavy atom. The van der Waals surface area contributed by atoms with Crippen molar-refractivity contribution in [3.8, 4) is 17.1 Å². The van der Waals surface area contributed by atoms with Crippen LogP contribution >= 0.6 is 35.0 Å². The highest BCUT2D eigenvalue weighted by molar-refractivity contribution is 7.99. The van der Waals surface area contributed by atoms with Gasteiger partial charge in [-0.15, -0.1) is 10.2 Å². The van der Waals surface area contributed by atoms with Crippen LogP contribution in [0.25, 0.3) is 28.0 Å². The van der Waals surface area contributed by atoms with Gasteiger partial charge in [0, 0.05) is 39.6 Å². The molecule has 3 aromatic heterocycles. The lowest BCUT2D eigenvalue weighted by Gasteiger charge is -2.10. The maximum atomic E-state index is 12.5. The van der Waals surface area contributed by atoms with Crippen molar-refractivity contribution in [3.05, 3.63) is 83.2 Å². The van der Waals surface area contributed by atoms with E-state index in [0.29, 0.717) is 21.7 Å². The second kappa shape index (κ2) is 9.27. The van der Waals surface area contributed by atoms with Crippen LogP contribution in [-0.2, 0) is 4.79 Å². The van der Waals surface area contributed by atoms with Gasteiger partial charge in [0.25, 0.3) is 0 Å². The van der Waals surface area contributed by atoms with Crippen LogP contribution in [0.1, 0.15) is 0 Å². The zero-order valence-corrected chi connectivity index (χ0v) is 19.3. The molecule has 2 aromatic carbocycles. The van der Waals surface area contributed by atoms with Crippen molar-refractivity contribution in [1.82, 2.24) is 24.7 Å². The van der Waals surface area contributed by atoms with Crippen LogP contribution in [0.4, 0.5) is 5.69 Å². The first kappa shape index (κ1) is 21.5. The Balaban J connectivity index is 1.48. The highest BCUT2D eigenvalue weighted by Gasteiger charge is 2.20. The van der Waals surface area contributed by atoms with Gasteiger partial charge >= 0.3 is 0 Å². The molecule has 33 heavy (non-hydrogen) atoms. The molecule has 2 N–H and O–H groups in total. The number of H-pyrrole nitrogens is 1. The number of carbonyl (C=O) groups excluding carboxylic acids is 1. The van der Waals surface area contributed by atoms with E-state index in [1.807, 2.05) is 47.2 Å². The van der Waals surface area contributed by atoms with Crippen molar-refractivity contribution < 1.29 is 4.79 Å². The summed E-state index contributed by atoms with van der Waals surface area (Å²) in [6, 6.07) is 18.8. The van der Waals surface area contributed by atoms with E-state index in [0.717, 1.165) is 22.2 Å². The third-order valence-corrected chi connectivity index (χ3v) is 6.40. The molecular weight excluding hydrogens is 479 g/mol. The zero-order chi connectivity index (χ0) is 22.8. The topological polar surface area (TPSA) is 88.5 Å². The maximum Gasteiger partial charge on any atom is 0.234 e. The standard InChI is InChI=1S/C23H16Cl2N6OS/c24-14-7-9-15(10-8-14)31-22(17-12-27-18-5-2-1-4-16(17)18)29-30-23(31)33-13-20(32)28-19-6-3-11-26-21(19)25/h1-12,27H,13H2,(H,28,32). The van der Waals surface area contributed by atoms with E-state index in [1.54, 1.807) is 30.5 Å². The Labute approximate surface area is 203 Å². The van der Waals surface area contributed by atoms with E-state index >= 15 is 0 Å². The second-order valence-electron chi connectivity index (χ2n) is 7.04. The molecular formula is C23H16Cl2N6OS. The van der Waals surface area contributed by atoms with Gasteiger partial charge in [0.2, 0.25) is 5.91 Å². The second-order valence-corrected chi connectivity index (χ2v) is 8.78. The number of amides is 1. The first-order chi connectivity index (χ1) is 16.1. The number of pyridine rings is 1. The van der Waals surface area contributed by atoms with Crippen LogP contribution in [0.5, 0.6) is 0 Å². The first-order valence-electron chi connectivity index (χ1n) is 9.91. The molecule has 0 saturated carbocycles. The number of thioether (sulfide) groups is 1. The quantitative estimate of drug-likeness (QED) is 0.228. The summed E-state index contributed by atoms with van der Waals surface area (Å²) in [4.78, 5) is 19.8. The Morgan fingerprint density at radius 1 is 1.03 bits per heavy atom. The molecule has 10 heteroatoms. The van der Waals surface area contributed by atoms with Gasteiger partial charge < -0.3 is 10.3 Å². The Kier molecular flexibility index (Phi) is 6.04. The van der Waals surface area contributed by atoms with Gasteiger partial charge in [-0.2, -0.15) is 0 Å². The summed E-state index contributed by atoms with van der Waals surface area (Å²) in [6.45, 7) is 0. The van der Waals surface area contributed by atoms with Gasteiger partial charge in [-0.25, -0.2) is 4.98 Å². The number of aromatic nitrogens is 5. The van der Waals surface area contributed by atoms with Crippen LogP contribution in [0.2, 0.25) is 10.2 Å². The minimum atomic E-state index is -0.228. The summed E-state index contributed by atoms with van der Waals surface area (Å²) in [5.41, 5.74) is 3.21. The summed E-state index contributed by atoms with van der Waals surface area (Å²) in [6.07, 6.45) is 3.47. The van der Waals surface area contributed by atoms with Crippen molar-refractivity contribution in [2.24, 2.45) is 0 Å². The molecule has 3 heterocycles. The van der Waals surface area contributed by atoms with E-state index < -0.39 is 0 Å². The molecule has 5 aromatic rings. The Hall–Kier alpha value is -3.33. The van der Waals surface area contributed by atoms with Crippen LogP contribution in [-0.4, -0.2) is 36.4 Å². The highest BCUT2D eigenvalue weighted by atomic mass is 35.5. The summed E-state index contributed by atoms with van der Waals surface area (Å²) in [5.74, 6) is 0.548.